The van der Waals surface area contributed by atoms with Gasteiger partial charge in [0.2, 0.25) is 0 Å². The summed E-state index contributed by atoms with van der Waals surface area (Å²) in [6, 6.07) is 21.3. The van der Waals surface area contributed by atoms with Crippen molar-refractivity contribution in [2.24, 2.45) is 0 Å². The minimum Gasteiger partial charge on any atom is -0.491 e. The summed E-state index contributed by atoms with van der Waals surface area (Å²) >= 11 is 0. The first-order valence-corrected chi connectivity index (χ1v) is 9.27. The molecule has 6 nitrogen and oxygen atoms in total. The van der Waals surface area contributed by atoms with Crippen LogP contribution in [0.5, 0.6) is 17.2 Å². The molecule has 0 atom stereocenters. The summed E-state index contributed by atoms with van der Waals surface area (Å²) in [5, 5.41) is 2.85. The molecule has 2 amide bonds. The normalized spacial score (nSPS) is 13.1. The molecule has 0 spiro atoms. The average molecular weight is 388 g/mol. The average Bonchev–Trinajstić information content (AvgIpc) is 2.88. The number of hydrogen-bond acceptors (Lipinski definition) is 4. The van der Waals surface area contributed by atoms with Crippen LogP contribution in [0.15, 0.2) is 72.8 Å². The summed E-state index contributed by atoms with van der Waals surface area (Å²) < 4.78 is 11.5. The molecule has 0 unspecified atom stereocenters. The van der Waals surface area contributed by atoms with E-state index in [-0.39, 0.29) is 11.8 Å². The fraction of sp³-hybridized carbons (Fsp3) is 0.130. The number of nitrogens with one attached hydrogen (secondary N) is 1. The molecule has 0 saturated carbocycles. The molecule has 6 heteroatoms. The van der Waals surface area contributed by atoms with Crippen molar-refractivity contribution in [2.45, 2.75) is 0 Å². The van der Waals surface area contributed by atoms with Crippen molar-refractivity contribution in [3.05, 3.63) is 83.9 Å². The van der Waals surface area contributed by atoms with Crippen molar-refractivity contribution in [1.82, 2.24) is 4.90 Å². The fourth-order valence-corrected chi connectivity index (χ4v) is 3.06. The van der Waals surface area contributed by atoms with Crippen molar-refractivity contribution in [3.63, 3.8) is 0 Å². The predicted molar refractivity (Wildman–Crippen MR) is 110 cm³/mol. The SMILES string of the molecule is CN1CCOc2ccc(NC(=O)c3ccccc3Oc3ccccc3)cc2C1=O. The summed E-state index contributed by atoms with van der Waals surface area (Å²) in [6.45, 7) is 0.949. The Labute approximate surface area is 168 Å². The molecule has 146 valence electrons. The maximum atomic E-state index is 12.9. The van der Waals surface area contributed by atoms with Gasteiger partial charge in [-0.05, 0) is 42.5 Å². The molecule has 0 bridgehead atoms. The van der Waals surface area contributed by atoms with Crippen molar-refractivity contribution < 1.29 is 19.1 Å². The molecule has 1 N–H and O–H groups in total. The number of para-hydroxylation sites is 2. The zero-order valence-electron chi connectivity index (χ0n) is 15.9. The lowest BCUT2D eigenvalue weighted by atomic mass is 10.1. The summed E-state index contributed by atoms with van der Waals surface area (Å²) in [7, 11) is 1.73. The standard InChI is InChI=1S/C23H20N2O4/c1-25-13-14-28-20-12-11-16(15-19(20)23(25)27)24-22(26)18-9-5-6-10-21(18)29-17-7-3-2-4-8-17/h2-12,15H,13-14H2,1H3,(H,24,26). The number of carbonyl (C=O) groups excluding carboxylic acids is 2. The molecule has 0 aliphatic carbocycles. The molecule has 0 saturated heterocycles. The van der Waals surface area contributed by atoms with E-state index in [9.17, 15) is 9.59 Å². The van der Waals surface area contributed by atoms with E-state index in [1.165, 1.54) is 0 Å². The minimum atomic E-state index is -0.327. The van der Waals surface area contributed by atoms with Crippen molar-refractivity contribution >= 4 is 17.5 Å². The van der Waals surface area contributed by atoms with Crippen molar-refractivity contribution in [3.8, 4) is 17.2 Å². The summed E-state index contributed by atoms with van der Waals surface area (Å²) in [5.41, 5.74) is 1.33. The van der Waals surface area contributed by atoms with Gasteiger partial charge in [0.15, 0.2) is 0 Å². The number of carbonyl (C=O) groups is 2. The Morgan fingerprint density at radius 1 is 1.03 bits per heavy atom. The van der Waals surface area contributed by atoms with Gasteiger partial charge < -0.3 is 19.7 Å². The Kier molecular flexibility index (Phi) is 5.16. The largest absolute Gasteiger partial charge is 0.491 e. The first-order valence-electron chi connectivity index (χ1n) is 9.27. The van der Waals surface area contributed by atoms with Crippen LogP contribution >= 0.6 is 0 Å². The first kappa shape index (κ1) is 18.6. The number of hydrogen-bond donors (Lipinski definition) is 1. The second kappa shape index (κ2) is 8.06. The Bertz CT molecular complexity index is 1050. The van der Waals surface area contributed by atoms with Gasteiger partial charge >= 0.3 is 0 Å². The van der Waals surface area contributed by atoms with Gasteiger partial charge in [0.05, 0.1) is 17.7 Å². The number of likely N-dealkylation sites (N-methyl/N-ethyl adjacent to an activating group) is 1. The van der Waals surface area contributed by atoms with Gasteiger partial charge in [-0.15, -0.1) is 0 Å². The Balaban J connectivity index is 1.58. The van der Waals surface area contributed by atoms with Crippen LogP contribution in [0.2, 0.25) is 0 Å². The number of amides is 2. The third-order valence-corrected chi connectivity index (χ3v) is 4.60. The molecule has 3 aromatic carbocycles. The fourth-order valence-electron chi connectivity index (χ4n) is 3.06. The number of benzene rings is 3. The molecule has 1 heterocycles. The molecule has 29 heavy (non-hydrogen) atoms. The quantitative estimate of drug-likeness (QED) is 0.728. The molecule has 1 aliphatic heterocycles. The number of fused-ring (bicyclic) bond motifs is 1. The van der Waals surface area contributed by atoms with Gasteiger partial charge in [-0.1, -0.05) is 30.3 Å². The zero-order chi connectivity index (χ0) is 20.2. The summed E-state index contributed by atoms with van der Waals surface area (Å²) in [5.74, 6) is 1.15. The van der Waals surface area contributed by atoms with Gasteiger partial charge in [0, 0.05) is 12.7 Å². The highest BCUT2D eigenvalue weighted by atomic mass is 16.5. The Morgan fingerprint density at radius 3 is 2.62 bits per heavy atom. The number of ether oxygens (including phenoxy) is 2. The molecular formula is C23H20N2O4. The van der Waals surface area contributed by atoms with Crippen LogP contribution in [-0.2, 0) is 0 Å². The lowest BCUT2D eigenvalue weighted by Gasteiger charge is -2.14. The van der Waals surface area contributed by atoms with Gasteiger partial charge in [-0.2, -0.15) is 0 Å². The van der Waals surface area contributed by atoms with E-state index in [1.807, 2.05) is 36.4 Å². The first-order chi connectivity index (χ1) is 14.1. The Hall–Kier alpha value is -3.80. The lowest BCUT2D eigenvalue weighted by Crippen LogP contribution is -2.27. The van der Waals surface area contributed by atoms with Crippen molar-refractivity contribution in [1.29, 1.82) is 0 Å². The van der Waals surface area contributed by atoms with E-state index in [0.29, 0.717) is 47.2 Å². The van der Waals surface area contributed by atoms with Crippen LogP contribution in [0, 0.1) is 0 Å². The van der Waals surface area contributed by atoms with Crippen LogP contribution < -0.4 is 14.8 Å². The topological polar surface area (TPSA) is 67.9 Å². The monoisotopic (exact) mass is 388 g/mol. The van der Waals surface area contributed by atoms with Crippen LogP contribution in [0.3, 0.4) is 0 Å². The highest BCUT2D eigenvalue weighted by Crippen LogP contribution is 2.28. The smallest absolute Gasteiger partial charge is 0.259 e. The molecule has 4 rings (SSSR count). The summed E-state index contributed by atoms with van der Waals surface area (Å²) in [6.07, 6.45) is 0. The lowest BCUT2D eigenvalue weighted by molar-refractivity contribution is 0.0796. The maximum absolute atomic E-state index is 12.9. The van der Waals surface area contributed by atoms with Gasteiger partial charge in [0.25, 0.3) is 11.8 Å². The van der Waals surface area contributed by atoms with Crippen LogP contribution in [0.4, 0.5) is 5.69 Å². The van der Waals surface area contributed by atoms with Gasteiger partial charge in [-0.3, -0.25) is 9.59 Å². The molecule has 0 fully saturated rings. The second-order valence-corrected chi connectivity index (χ2v) is 6.65. The second-order valence-electron chi connectivity index (χ2n) is 6.65. The highest BCUT2D eigenvalue weighted by Gasteiger charge is 2.22. The van der Waals surface area contributed by atoms with E-state index in [1.54, 1.807) is 48.3 Å². The van der Waals surface area contributed by atoms with Crippen LogP contribution in [0.1, 0.15) is 20.7 Å². The number of anilines is 1. The minimum absolute atomic E-state index is 0.138. The van der Waals surface area contributed by atoms with E-state index < -0.39 is 0 Å². The van der Waals surface area contributed by atoms with Gasteiger partial charge in [-0.25, -0.2) is 0 Å². The predicted octanol–water partition coefficient (Wildman–Crippen LogP) is 4.20. The molecule has 0 aromatic heterocycles. The zero-order valence-corrected chi connectivity index (χ0v) is 15.9. The van der Waals surface area contributed by atoms with E-state index in [0.717, 1.165) is 0 Å². The van der Waals surface area contributed by atoms with Crippen LogP contribution in [-0.4, -0.2) is 36.9 Å². The van der Waals surface area contributed by atoms with E-state index in [4.69, 9.17) is 9.47 Å². The molecule has 1 aliphatic rings. The van der Waals surface area contributed by atoms with Gasteiger partial charge in [0.1, 0.15) is 23.9 Å². The maximum Gasteiger partial charge on any atom is 0.259 e. The van der Waals surface area contributed by atoms with E-state index in [2.05, 4.69) is 5.32 Å². The number of nitrogens with zero attached hydrogens (tertiary/aromatic N) is 1. The van der Waals surface area contributed by atoms with E-state index >= 15 is 0 Å². The highest BCUT2D eigenvalue weighted by molar-refractivity contribution is 6.07. The van der Waals surface area contributed by atoms with Crippen molar-refractivity contribution in [2.75, 3.05) is 25.5 Å². The molecule has 0 radical (unpaired) electrons. The van der Waals surface area contributed by atoms with Crippen LogP contribution in [0.25, 0.3) is 0 Å². The molecular weight excluding hydrogens is 368 g/mol. The third kappa shape index (κ3) is 4.06. The number of rotatable bonds is 4. The molecule has 3 aromatic rings. The summed E-state index contributed by atoms with van der Waals surface area (Å²) in [4.78, 5) is 27.0. The third-order valence-electron chi connectivity index (χ3n) is 4.60. The Morgan fingerprint density at radius 2 is 1.79 bits per heavy atom.